The zero-order valence-electron chi connectivity index (χ0n) is 11.2. The van der Waals surface area contributed by atoms with Gasteiger partial charge in [-0.2, -0.15) is 0 Å². The van der Waals surface area contributed by atoms with Gasteiger partial charge in [-0.15, -0.1) is 11.3 Å². The molecule has 102 valence electrons. The van der Waals surface area contributed by atoms with Crippen LogP contribution in [0.25, 0.3) is 0 Å². The second-order valence-corrected chi connectivity index (χ2v) is 7.53. The van der Waals surface area contributed by atoms with Crippen LogP contribution in [0.1, 0.15) is 42.1 Å². The maximum absolute atomic E-state index is 6.30. The first-order valence-electron chi connectivity index (χ1n) is 6.10. The summed E-state index contributed by atoms with van der Waals surface area (Å²) in [4.78, 5) is 2.47. The van der Waals surface area contributed by atoms with Crippen LogP contribution in [0.5, 0.6) is 0 Å². The predicted octanol–water partition coefficient (Wildman–Crippen LogP) is 5.40. The molecule has 1 heterocycles. The highest BCUT2D eigenvalue weighted by Gasteiger charge is 2.19. The van der Waals surface area contributed by atoms with Crippen LogP contribution in [0.4, 0.5) is 0 Å². The van der Waals surface area contributed by atoms with Gasteiger partial charge in [0, 0.05) is 9.75 Å². The summed E-state index contributed by atoms with van der Waals surface area (Å²) in [5, 5.41) is 1.10. The van der Waals surface area contributed by atoms with Crippen LogP contribution in [0.2, 0.25) is 10.0 Å². The van der Waals surface area contributed by atoms with Crippen LogP contribution < -0.4 is 5.73 Å². The molecule has 2 N–H and O–H groups in total. The van der Waals surface area contributed by atoms with Gasteiger partial charge in [0.05, 0.1) is 16.1 Å². The molecule has 0 spiro atoms. The van der Waals surface area contributed by atoms with Crippen LogP contribution in [0, 0.1) is 0 Å². The fourth-order valence-electron chi connectivity index (χ4n) is 1.79. The van der Waals surface area contributed by atoms with Gasteiger partial charge in [-0.1, -0.05) is 50.0 Å². The minimum absolute atomic E-state index is 0.153. The summed E-state index contributed by atoms with van der Waals surface area (Å²) in [5.74, 6) is 0. The third kappa shape index (κ3) is 3.32. The first-order valence-corrected chi connectivity index (χ1v) is 7.67. The Balaban J connectivity index is 2.31. The molecule has 1 aromatic carbocycles. The van der Waals surface area contributed by atoms with Crippen molar-refractivity contribution in [3.8, 4) is 0 Å². The molecule has 1 atom stereocenters. The molecule has 0 saturated carbocycles. The van der Waals surface area contributed by atoms with E-state index in [1.165, 1.54) is 4.88 Å². The van der Waals surface area contributed by atoms with Gasteiger partial charge in [-0.25, -0.2) is 0 Å². The lowest BCUT2D eigenvalue weighted by Gasteiger charge is -2.16. The second-order valence-electron chi connectivity index (χ2n) is 5.60. The molecule has 19 heavy (non-hydrogen) atoms. The molecule has 0 fully saturated rings. The number of benzene rings is 1. The zero-order chi connectivity index (χ0) is 14.2. The maximum atomic E-state index is 6.30. The van der Waals surface area contributed by atoms with Crippen LogP contribution in [0.15, 0.2) is 30.3 Å². The molecule has 0 aliphatic rings. The van der Waals surface area contributed by atoms with Gasteiger partial charge in [0.2, 0.25) is 0 Å². The lowest BCUT2D eigenvalue weighted by molar-refractivity contribution is 0.604. The Morgan fingerprint density at radius 1 is 1.05 bits per heavy atom. The van der Waals surface area contributed by atoms with Crippen molar-refractivity contribution in [3.05, 3.63) is 55.7 Å². The number of halogens is 2. The van der Waals surface area contributed by atoms with Crippen LogP contribution in [-0.4, -0.2) is 0 Å². The molecule has 0 aliphatic heterocycles. The molecule has 1 aromatic heterocycles. The van der Waals surface area contributed by atoms with Crippen molar-refractivity contribution in [1.29, 1.82) is 0 Å². The lowest BCUT2D eigenvalue weighted by atomic mass is 9.95. The smallest absolute Gasteiger partial charge is 0.0646 e. The Labute approximate surface area is 128 Å². The summed E-state index contributed by atoms with van der Waals surface area (Å²) in [6, 6.07) is 9.64. The average molecular weight is 314 g/mol. The third-order valence-electron chi connectivity index (χ3n) is 2.98. The Morgan fingerprint density at radius 2 is 1.74 bits per heavy atom. The molecule has 4 heteroatoms. The van der Waals surface area contributed by atoms with Crippen molar-refractivity contribution in [1.82, 2.24) is 0 Å². The number of hydrogen-bond acceptors (Lipinski definition) is 2. The molecule has 0 radical (unpaired) electrons. The quantitative estimate of drug-likeness (QED) is 0.789. The number of hydrogen-bond donors (Lipinski definition) is 1. The monoisotopic (exact) mass is 313 g/mol. The zero-order valence-corrected chi connectivity index (χ0v) is 13.5. The van der Waals surface area contributed by atoms with E-state index in [2.05, 4.69) is 32.9 Å². The van der Waals surface area contributed by atoms with Crippen LogP contribution in [-0.2, 0) is 5.41 Å². The molecule has 0 bridgehead atoms. The molecule has 1 nitrogen and oxygen atoms in total. The molecule has 0 amide bonds. The minimum Gasteiger partial charge on any atom is -0.320 e. The summed E-state index contributed by atoms with van der Waals surface area (Å²) in [5.41, 5.74) is 7.44. The summed E-state index contributed by atoms with van der Waals surface area (Å²) in [6.07, 6.45) is 0. The van der Waals surface area contributed by atoms with Crippen molar-refractivity contribution < 1.29 is 0 Å². The fraction of sp³-hybridized carbons (Fsp3) is 0.333. The third-order valence-corrected chi connectivity index (χ3v) is 5.31. The topological polar surface area (TPSA) is 26.0 Å². The molecular weight excluding hydrogens is 297 g/mol. The van der Waals surface area contributed by atoms with Crippen molar-refractivity contribution in [2.24, 2.45) is 5.73 Å². The highest BCUT2D eigenvalue weighted by atomic mass is 35.5. The summed E-state index contributed by atoms with van der Waals surface area (Å²) in [7, 11) is 0. The van der Waals surface area contributed by atoms with E-state index < -0.39 is 0 Å². The summed E-state index contributed by atoms with van der Waals surface area (Å²) < 4.78 is 0. The Hall–Kier alpha value is -0.540. The Bertz CT molecular complexity index is 584. The molecule has 2 rings (SSSR count). The SMILES string of the molecule is CC(C)(C)c1ccc(C(N)c2ccc(Cl)c(Cl)c2)s1. The highest BCUT2D eigenvalue weighted by molar-refractivity contribution is 7.12. The van der Waals surface area contributed by atoms with Crippen molar-refractivity contribution in [3.63, 3.8) is 0 Å². The summed E-state index contributed by atoms with van der Waals surface area (Å²) in [6.45, 7) is 6.61. The van der Waals surface area contributed by atoms with Crippen molar-refractivity contribution in [2.45, 2.75) is 32.2 Å². The van der Waals surface area contributed by atoms with E-state index in [0.717, 1.165) is 10.4 Å². The molecule has 2 aromatic rings. The number of thiophene rings is 1. The van der Waals surface area contributed by atoms with Gasteiger partial charge in [0.15, 0.2) is 0 Å². The largest absolute Gasteiger partial charge is 0.320 e. The molecule has 1 unspecified atom stereocenters. The maximum Gasteiger partial charge on any atom is 0.0646 e. The van der Waals surface area contributed by atoms with Gasteiger partial charge < -0.3 is 5.73 Å². The van der Waals surface area contributed by atoms with Gasteiger partial charge in [-0.05, 0) is 35.2 Å². The van der Waals surface area contributed by atoms with Gasteiger partial charge in [0.1, 0.15) is 0 Å². The van der Waals surface area contributed by atoms with E-state index in [1.807, 2.05) is 12.1 Å². The van der Waals surface area contributed by atoms with Gasteiger partial charge >= 0.3 is 0 Å². The number of rotatable bonds is 2. The minimum atomic E-state index is -0.157. The molecule has 0 aliphatic carbocycles. The molecular formula is C15H17Cl2NS. The van der Waals surface area contributed by atoms with E-state index in [-0.39, 0.29) is 11.5 Å². The van der Waals surface area contributed by atoms with Gasteiger partial charge in [0.25, 0.3) is 0 Å². The summed E-state index contributed by atoms with van der Waals surface area (Å²) >= 11 is 13.7. The standard InChI is InChI=1S/C15H17Cl2NS/c1-15(2,3)13-7-6-12(19-13)14(18)9-4-5-10(16)11(17)8-9/h4-8,14H,18H2,1-3H3. The average Bonchev–Trinajstić information content (AvgIpc) is 2.81. The number of nitrogens with two attached hydrogens (primary N) is 1. The van der Waals surface area contributed by atoms with E-state index in [9.17, 15) is 0 Å². The molecule has 0 saturated heterocycles. The first-order chi connectivity index (χ1) is 8.79. The van der Waals surface area contributed by atoms with Gasteiger partial charge in [-0.3, -0.25) is 0 Å². The van der Waals surface area contributed by atoms with Crippen molar-refractivity contribution >= 4 is 34.5 Å². The second kappa shape index (κ2) is 5.45. The van der Waals surface area contributed by atoms with Crippen LogP contribution in [0.3, 0.4) is 0 Å². The normalized spacial score (nSPS) is 13.6. The fourth-order valence-corrected chi connectivity index (χ4v) is 3.20. The lowest BCUT2D eigenvalue weighted by Crippen LogP contribution is -2.10. The van der Waals surface area contributed by atoms with Crippen LogP contribution >= 0.6 is 34.5 Å². The van der Waals surface area contributed by atoms with E-state index in [4.69, 9.17) is 28.9 Å². The van der Waals surface area contributed by atoms with E-state index in [1.54, 1.807) is 17.4 Å². The first kappa shape index (κ1) is 14.9. The van der Waals surface area contributed by atoms with E-state index in [0.29, 0.717) is 10.0 Å². The highest BCUT2D eigenvalue weighted by Crippen LogP contribution is 2.35. The Kier molecular flexibility index (Phi) is 4.26. The van der Waals surface area contributed by atoms with E-state index >= 15 is 0 Å². The predicted molar refractivity (Wildman–Crippen MR) is 85.5 cm³/mol. The Morgan fingerprint density at radius 3 is 2.26 bits per heavy atom. The van der Waals surface area contributed by atoms with Crippen molar-refractivity contribution in [2.75, 3.05) is 0 Å².